The van der Waals surface area contributed by atoms with Crippen LogP contribution in [0, 0.1) is 11.3 Å². The molecule has 1 heterocycles. The molecule has 122 valence electrons. The highest BCUT2D eigenvalue weighted by molar-refractivity contribution is 7.89. The first-order valence-corrected chi connectivity index (χ1v) is 9.05. The molecule has 21 heavy (non-hydrogen) atoms. The van der Waals surface area contributed by atoms with Gasteiger partial charge >= 0.3 is 0 Å². The SMILES string of the molecule is CCCNCc1cc(S(=O)(=O)NCC(C)(C)C(C)C)c[nH]1. The predicted molar refractivity (Wildman–Crippen MR) is 86.6 cm³/mol. The lowest BCUT2D eigenvalue weighted by molar-refractivity contribution is 0.252. The fourth-order valence-corrected chi connectivity index (χ4v) is 2.88. The Hall–Kier alpha value is -0.850. The summed E-state index contributed by atoms with van der Waals surface area (Å²) < 4.78 is 27.3. The summed E-state index contributed by atoms with van der Waals surface area (Å²) in [6, 6.07) is 1.69. The van der Waals surface area contributed by atoms with Crippen LogP contribution in [0.4, 0.5) is 0 Å². The summed E-state index contributed by atoms with van der Waals surface area (Å²) in [5.74, 6) is 0.403. The summed E-state index contributed by atoms with van der Waals surface area (Å²) in [4.78, 5) is 3.31. The van der Waals surface area contributed by atoms with Gasteiger partial charge in [0.2, 0.25) is 10.0 Å². The molecule has 0 atom stereocenters. The first kappa shape index (κ1) is 18.2. The molecule has 3 N–H and O–H groups in total. The third kappa shape index (κ3) is 5.45. The monoisotopic (exact) mass is 315 g/mol. The van der Waals surface area contributed by atoms with E-state index in [2.05, 4.69) is 49.6 Å². The number of sulfonamides is 1. The maximum absolute atomic E-state index is 12.3. The second-order valence-corrected chi connectivity index (χ2v) is 8.27. The van der Waals surface area contributed by atoms with Crippen molar-refractivity contribution in [2.75, 3.05) is 13.1 Å². The molecule has 0 fully saturated rings. The Labute approximate surface area is 129 Å². The summed E-state index contributed by atoms with van der Waals surface area (Å²) in [6.45, 7) is 12.4. The lowest BCUT2D eigenvalue weighted by Crippen LogP contribution is -2.36. The fourth-order valence-electron chi connectivity index (χ4n) is 1.64. The van der Waals surface area contributed by atoms with Crippen molar-refractivity contribution in [3.8, 4) is 0 Å². The van der Waals surface area contributed by atoms with Crippen LogP contribution >= 0.6 is 0 Å². The Morgan fingerprint density at radius 1 is 1.33 bits per heavy atom. The van der Waals surface area contributed by atoms with Crippen LogP contribution in [0.1, 0.15) is 46.7 Å². The molecule has 0 aromatic carbocycles. The van der Waals surface area contributed by atoms with E-state index >= 15 is 0 Å². The number of aromatic amines is 1. The lowest BCUT2D eigenvalue weighted by atomic mass is 9.81. The van der Waals surface area contributed by atoms with Gasteiger partial charge in [-0.3, -0.25) is 0 Å². The lowest BCUT2D eigenvalue weighted by Gasteiger charge is -2.29. The molecule has 1 rings (SSSR count). The van der Waals surface area contributed by atoms with Crippen molar-refractivity contribution >= 4 is 10.0 Å². The fraction of sp³-hybridized carbons (Fsp3) is 0.733. The van der Waals surface area contributed by atoms with Crippen LogP contribution in [-0.2, 0) is 16.6 Å². The van der Waals surface area contributed by atoms with Crippen LogP contribution in [0.15, 0.2) is 17.2 Å². The van der Waals surface area contributed by atoms with Gasteiger partial charge in [-0.05, 0) is 30.4 Å². The quantitative estimate of drug-likeness (QED) is 0.613. The first-order chi connectivity index (χ1) is 9.69. The second-order valence-electron chi connectivity index (χ2n) is 6.51. The maximum Gasteiger partial charge on any atom is 0.242 e. The number of nitrogens with one attached hydrogen (secondary N) is 3. The van der Waals surface area contributed by atoms with E-state index in [1.165, 1.54) is 0 Å². The minimum Gasteiger partial charge on any atom is -0.363 e. The number of rotatable bonds is 9. The van der Waals surface area contributed by atoms with Gasteiger partial charge in [0.15, 0.2) is 0 Å². The van der Waals surface area contributed by atoms with Crippen molar-refractivity contribution < 1.29 is 8.42 Å². The van der Waals surface area contributed by atoms with E-state index in [4.69, 9.17) is 0 Å². The van der Waals surface area contributed by atoms with Crippen molar-refractivity contribution in [3.05, 3.63) is 18.0 Å². The molecular formula is C15H29N3O2S. The number of aromatic nitrogens is 1. The average Bonchev–Trinajstić information content (AvgIpc) is 2.86. The average molecular weight is 315 g/mol. The van der Waals surface area contributed by atoms with Crippen LogP contribution in [0.5, 0.6) is 0 Å². The maximum atomic E-state index is 12.3. The highest BCUT2D eigenvalue weighted by Gasteiger charge is 2.25. The van der Waals surface area contributed by atoms with E-state index in [9.17, 15) is 8.42 Å². The van der Waals surface area contributed by atoms with Crippen molar-refractivity contribution in [1.29, 1.82) is 0 Å². The van der Waals surface area contributed by atoms with E-state index in [0.29, 0.717) is 23.9 Å². The molecule has 0 saturated heterocycles. The van der Waals surface area contributed by atoms with Gasteiger partial charge in [0.05, 0.1) is 4.90 Å². The summed E-state index contributed by atoms with van der Waals surface area (Å²) in [5.41, 5.74) is 0.807. The second kappa shape index (κ2) is 7.42. The van der Waals surface area contributed by atoms with Gasteiger partial charge in [0.1, 0.15) is 0 Å². The van der Waals surface area contributed by atoms with Crippen LogP contribution in [0.3, 0.4) is 0 Å². The summed E-state index contributed by atoms with van der Waals surface area (Å²) in [7, 11) is -3.45. The predicted octanol–water partition coefficient (Wildman–Crippen LogP) is 2.47. The summed E-state index contributed by atoms with van der Waals surface area (Å²) in [6.07, 6.45) is 2.60. The zero-order chi connectivity index (χ0) is 16.1. The highest BCUT2D eigenvalue weighted by atomic mass is 32.2. The molecule has 6 heteroatoms. The van der Waals surface area contributed by atoms with Crippen LogP contribution in [0.2, 0.25) is 0 Å². The molecule has 0 aliphatic heterocycles. The third-order valence-electron chi connectivity index (χ3n) is 4.05. The van der Waals surface area contributed by atoms with E-state index < -0.39 is 10.0 Å². The van der Waals surface area contributed by atoms with Crippen molar-refractivity contribution in [2.24, 2.45) is 11.3 Å². The first-order valence-electron chi connectivity index (χ1n) is 7.56. The minimum atomic E-state index is -3.45. The Bertz CT molecular complexity index is 533. The highest BCUT2D eigenvalue weighted by Crippen LogP contribution is 2.25. The molecule has 1 aromatic heterocycles. The number of hydrogen-bond acceptors (Lipinski definition) is 3. The summed E-state index contributed by atoms with van der Waals surface area (Å²) >= 11 is 0. The molecule has 1 aromatic rings. The standard InChI is InChI=1S/C15H29N3O2S/c1-6-7-16-9-13-8-14(10-17-13)21(19,20)18-11-15(4,5)12(2)3/h8,10,12,16-18H,6-7,9,11H2,1-5H3. The van der Waals surface area contributed by atoms with Crippen LogP contribution in [0.25, 0.3) is 0 Å². The molecule has 0 unspecified atom stereocenters. The Balaban J connectivity index is 2.66. The molecular weight excluding hydrogens is 286 g/mol. The number of H-pyrrole nitrogens is 1. The topological polar surface area (TPSA) is 74.0 Å². The molecule has 0 amide bonds. The Morgan fingerprint density at radius 3 is 2.57 bits per heavy atom. The Kier molecular flexibility index (Phi) is 6.43. The molecule has 0 aliphatic rings. The van der Waals surface area contributed by atoms with Crippen molar-refractivity contribution in [2.45, 2.75) is 52.5 Å². The van der Waals surface area contributed by atoms with Gasteiger partial charge in [-0.1, -0.05) is 34.6 Å². The van der Waals surface area contributed by atoms with Gasteiger partial charge in [-0.25, -0.2) is 13.1 Å². The molecule has 5 nitrogen and oxygen atoms in total. The molecule has 0 radical (unpaired) electrons. The molecule has 0 spiro atoms. The normalized spacial score (nSPS) is 13.0. The van der Waals surface area contributed by atoms with Gasteiger partial charge in [-0.15, -0.1) is 0 Å². The van der Waals surface area contributed by atoms with Gasteiger partial charge < -0.3 is 10.3 Å². The zero-order valence-electron chi connectivity index (χ0n) is 13.8. The van der Waals surface area contributed by atoms with Gasteiger partial charge in [0, 0.05) is 25.0 Å². The van der Waals surface area contributed by atoms with E-state index in [1.54, 1.807) is 12.3 Å². The van der Waals surface area contributed by atoms with Crippen molar-refractivity contribution in [1.82, 2.24) is 15.0 Å². The van der Waals surface area contributed by atoms with Crippen molar-refractivity contribution in [3.63, 3.8) is 0 Å². The van der Waals surface area contributed by atoms with Crippen LogP contribution in [-0.4, -0.2) is 26.5 Å². The minimum absolute atomic E-state index is 0.0745. The van der Waals surface area contributed by atoms with E-state index in [0.717, 1.165) is 18.7 Å². The summed E-state index contributed by atoms with van der Waals surface area (Å²) in [5, 5.41) is 3.24. The van der Waals surface area contributed by atoms with E-state index in [1.807, 2.05) is 0 Å². The van der Waals surface area contributed by atoms with E-state index in [-0.39, 0.29) is 5.41 Å². The largest absolute Gasteiger partial charge is 0.363 e. The van der Waals surface area contributed by atoms with Crippen LogP contribution < -0.4 is 10.0 Å². The molecule has 0 bridgehead atoms. The molecule has 0 saturated carbocycles. The van der Waals surface area contributed by atoms with Gasteiger partial charge in [-0.2, -0.15) is 0 Å². The number of hydrogen-bond donors (Lipinski definition) is 3. The Morgan fingerprint density at radius 2 is 2.00 bits per heavy atom. The third-order valence-corrected chi connectivity index (χ3v) is 5.43. The smallest absolute Gasteiger partial charge is 0.242 e. The van der Waals surface area contributed by atoms with Gasteiger partial charge in [0.25, 0.3) is 0 Å². The zero-order valence-corrected chi connectivity index (χ0v) is 14.6. The molecule has 0 aliphatic carbocycles.